The molecule has 1 unspecified atom stereocenters. The predicted molar refractivity (Wildman–Crippen MR) is 75.4 cm³/mol. The number of nitrogens with one attached hydrogen (secondary N) is 1. The maximum absolute atomic E-state index is 11.6. The van der Waals surface area contributed by atoms with Crippen LogP contribution < -0.4 is 4.72 Å². The van der Waals surface area contributed by atoms with Crippen LogP contribution in [0.3, 0.4) is 0 Å². The third-order valence-electron chi connectivity index (χ3n) is 2.25. The summed E-state index contributed by atoms with van der Waals surface area (Å²) in [5.41, 5.74) is -0.238. The van der Waals surface area contributed by atoms with Gasteiger partial charge in [0, 0.05) is 17.2 Å². The molecule has 106 valence electrons. The van der Waals surface area contributed by atoms with Gasteiger partial charge in [-0.05, 0) is 19.2 Å². The maximum atomic E-state index is 11.6. The van der Waals surface area contributed by atoms with Crippen LogP contribution in [0, 0.1) is 10.1 Å². The van der Waals surface area contributed by atoms with Crippen LogP contribution in [0.5, 0.6) is 0 Å². The summed E-state index contributed by atoms with van der Waals surface area (Å²) in [6.07, 6.45) is 0. The number of nitro benzene ring substituents is 1. The van der Waals surface area contributed by atoms with Gasteiger partial charge >= 0.3 is 0 Å². The van der Waals surface area contributed by atoms with E-state index in [2.05, 4.69) is 4.72 Å². The number of nitro groups is 1. The molecule has 0 spiro atoms. The van der Waals surface area contributed by atoms with Gasteiger partial charge in [0.2, 0.25) is 10.0 Å². The molecule has 0 heterocycles. The van der Waals surface area contributed by atoms with E-state index in [1.807, 2.05) is 6.92 Å². The van der Waals surface area contributed by atoms with Gasteiger partial charge in [-0.2, -0.15) is 0 Å². The van der Waals surface area contributed by atoms with Gasteiger partial charge < -0.3 is 0 Å². The van der Waals surface area contributed by atoms with Crippen molar-refractivity contribution in [3.63, 3.8) is 0 Å². The molecule has 0 aliphatic rings. The number of thioether (sulfide) groups is 1. The predicted octanol–water partition coefficient (Wildman–Crippen LogP) is 2.22. The molecule has 6 nitrogen and oxygen atoms in total. The number of nitrogens with zero attached hydrogens (tertiary/aromatic N) is 1. The smallest absolute Gasteiger partial charge is 0.258 e. The largest absolute Gasteiger partial charge is 0.284 e. The minimum Gasteiger partial charge on any atom is -0.258 e. The molecule has 1 N–H and O–H groups in total. The second-order valence-electron chi connectivity index (χ2n) is 3.68. The molecule has 0 saturated heterocycles. The van der Waals surface area contributed by atoms with Crippen LogP contribution >= 0.6 is 23.4 Å². The molecule has 1 atom stereocenters. The third kappa shape index (κ3) is 4.07. The van der Waals surface area contributed by atoms with Crippen molar-refractivity contribution in [2.24, 2.45) is 0 Å². The van der Waals surface area contributed by atoms with E-state index in [-0.39, 0.29) is 15.8 Å². The van der Waals surface area contributed by atoms with Crippen LogP contribution in [0.15, 0.2) is 28.0 Å². The van der Waals surface area contributed by atoms with Crippen molar-refractivity contribution >= 4 is 39.1 Å². The summed E-state index contributed by atoms with van der Waals surface area (Å²) in [4.78, 5) is 10.7. The minimum absolute atomic E-state index is 0.00729. The molecule has 0 radical (unpaired) electrons. The van der Waals surface area contributed by atoms with Gasteiger partial charge in [0.15, 0.2) is 0 Å². The van der Waals surface area contributed by atoms with E-state index < -0.39 is 14.9 Å². The van der Waals surface area contributed by atoms with Gasteiger partial charge in [-0.15, -0.1) is 23.4 Å². The van der Waals surface area contributed by atoms with Gasteiger partial charge in [0.25, 0.3) is 5.69 Å². The van der Waals surface area contributed by atoms with E-state index >= 15 is 0 Å². The Hall–Kier alpha value is -0.830. The van der Waals surface area contributed by atoms with Crippen LogP contribution in [0.2, 0.25) is 0 Å². The molecule has 1 rings (SSSR count). The molecule has 9 heteroatoms. The highest BCUT2D eigenvalue weighted by molar-refractivity contribution is 8.00. The monoisotopic (exact) mass is 324 g/mol. The van der Waals surface area contributed by atoms with Gasteiger partial charge in [0.05, 0.1) is 14.7 Å². The van der Waals surface area contributed by atoms with Crippen molar-refractivity contribution in [3.8, 4) is 0 Å². The Kier molecular flexibility index (Phi) is 5.60. The Morgan fingerprint density at radius 1 is 1.53 bits per heavy atom. The van der Waals surface area contributed by atoms with Gasteiger partial charge in [-0.1, -0.05) is 6.92 Å². The van der Waals surface area contributed by atoms with Crippen molar-refractivity contribution < 1.29 is 13.3 Å². The van der Waals surface area contributed by atoms with Crippen molar-refractivity contribution in [2.75, 3.05) is 12.9 Å². The Balaban J connectivity index is 3.27. The third-order valence-corrected chi connectivity index (χ3v) is 5.48. The fourth-order valence-corrected chi connectivity index (χ4v) is 3.11. The zero-order chi connectivity index (χ0) is 14.6. The van der Waals surface area contributed by atoms with E-state index in [1.165, 1.54) is 30.9 Å². The van der Waals surface area contributed by atoms with Crippen LogP contribution in [0.4, 0.5) is 5.69 Å². The van der Waals surface area contributed by atoms with Gasteiger partial charge in [0.1, 0.15) is 0 Å². The average molecular weight is 325 g/mol. The Morgan fingerprint density at radius 3 is 2.63 bits per heavy atom. The lowest BCUT2D eigenvalue weighted by Gasteiger charge is -2.09. The highest BCUT2D eigenvalue weighted by Crippen LogP contribution is 2.34. The van der Waals surface area contributed by atoms with E-state index in [0.717, 1.165) is 6.07 Å². The maximum Gasteiger partial charge on any atom is 0.284 e. The zero-order valence-electron chi connectivity index (χ0n) is 10.3. The molecule has 0 fully saturated rings. The lowest BCUT2D eigenvalue weighted by Crippen LogP contribution is -2.18. The van der Waals surface area contributed by atoms with Crippen LogP contribution in [0.1, 0.15) is 6.92 Å². The lowest BCUT2D eigenvalue weighted by atomic mass is 10.3. The summed E-state index contributed by atoms with van der Waals surface area (Å²) >= 11 is 6.90. The Morgan fingerprint density at radius 2 is 2.16 bits per heavy atom. The normalized spacial score (nSPS) is 13.2. The van der Waals surface area contributed by atoms with E-state index in [0.29, 0.717) is 10.8 Å². The van der Waals surface area contributed by atoms with E-state index in [9.17, 15) is 18.5 Å². The van der Waals surface area contributed by atoms with E-state index in [4.69, 9.17) is 11.6 Å². The summed E-state index contributed by atoms with van der Waals surface area (Å²) < 4.78 is 25.3. The second kappa shape index (κ2) is 6.56. The van der Waals surface area contributed by atoms with E-state index in [1.54, 1.807) is 0 Å². The fraction of sp³-hybridized carbons (Fsp3) is 0.400. The highest BCUT2D eigenvalue weighted by atomic mass is 35.5. The summed E-state index contributed by atoms with van der Waals surface area (Å²) in [5, 5.41) is 11.0. The molecule has 1 aromatic carbocycles. The molecule has 0 amide bonds. The number of sulfonamides is 1. The zero-order valence-corrected chi connectivity index (χ0v) is 12.7. The molecular weight excluding hydrogens is 312 g/mol. The van der Waals surface area contributed by atoms with Crippen molar-refractivity contribution in [3.05, 3.63) is 28.3 Å². The number of benzene rings is 1. The van der Waals surface area contributed by atoms with Crippen LogP contribution in [0.25, 0.3) is 0 Å². The molecule has 0 aliphatic carbocycles. The highest BCUT2D eigenvalue weighted by Gasteiger charge is 2.21. The molecule has 19 heavy (non-hydrogen) atoms. The molecule has 0 aliphatic heterocycles. The van der Waals surface area contributed by atoms with Crippen LogP contribution in [-0.2, 0) is 10.0 Å². The second-order valence-corrected chi connectivity index (χ2v) is 7.35. The van der Waals surface area contributed by atoms with Crippen molar-refractivity contribution in [1.29, 1.82) is 0 Å². The van der Waals surface area contributed by atoms with Gasteiger partial charge in [-0.25, -0.2) is 13.1 Å². The lowest BCUT2D eigenvalue weighted by molar-refractivity contribution is -0.388. The first-order chi connectivity index (χ1) is 8.81. The molecule has 1 aromatic rings. The minimum atomic E-state index is -3.69. The summed E-state index contributed by atoms with van der Waals surface area (Å²) in [5.74, 6) is 0.346. The molecule has 0 aromatic heterocycles. The number of hydrogen-bond donors (Lipinski definition) is 1. The Labute approximate surface area is 120 Å². The summed E-state index contributed by atoms with van der Waals surface area (Å²) in [6, 6.07) is 3.81. The van der Waals surface area contributed by atoms with Crippen molar-refractivity contribution in [1.82, 2.24) is 4.72 Å². The number of hydrogen-bond acceptors (Lipinski definition) is 5. The Bertz CT molecular complexity index is 577. The van der Waals surface area contributed by atoms with Gasteiger partial charge in [-0.3, -0.25) is 10.1 Å². The van der Waals surface area contributed by atoms with Crippen LogP contribution in [-0.4, -0.2) is 31.5 Å². The fourth-order valence-electron chi connectivity index (χ4n) is 1.27. The summed E-state index contributed by atoms with van der Waals surface area (Å²) in [7, 11) is -2.45. The first-order valence-corrected chi connectivity index (χ1v) is 8.16. The quantitative estimate of drug-likeness (QED) is 0.375. The first-order valence-electron chi connectivity index (χ1n) is 5.26. The number of rotatable bonds is 6. The SMILES string of the molecule is CNS(=O)(=O)c1ccc(SC(C)CCl)c([N+](=O)[O-])c1. The molecule has 0 saturated carbocycles. The number of halogens is 1. The number of alkyl halides is 1. The standard InChI is InChI=1S/C10H13ClN2O4S2/c1-7(6-11)18-10-4-3-8(19(16,17)12-2)5-9(10)13(14)15/h3-5,7,12H,6H2,1-2H3. The first kappa shape index (κ1) is 16.2. The van der Waals surface area contributed by atoms with Crippen molar-refractivity contribution in [2.45, 2.75) is 22.0 Å². The summed E-state index contributed by atoms with van der Waals surface area (Å²) in [6.45, 7) is 1.83. The molecular formula is C10H13ClN2O4S2. The topological polar surface area (TPSA) is 89.3 Å². The average Bonchev–Trinajstić information content (AvgIpc) is 2.38. The molecule has 0 bridgehead atoms.